The number of pyridine rings is 1. The molecule has 0 radical (unpaired) electrons. The average Bonchev–Trinajstić information content (AvgIpc) is 2.65. The minimum atomic E-state index is -0.482. The molecule has 2 rings (SSSR count). The predicted molar refractivity (Wildman–Crippen MR) is 48.3 cm³/mol. The molecule has 0 aliphatic rings. The van der Waals surface area contributed by atoms with E-state index in [1.807, 2.05) is 0 Å². The van der Waals surface area contributed by atoms with Crippen molar-refractivity contribution in [2.75, 3.05) is 7.11 Å². The first-order valence-corrected chi connectivity index (χ1v) is 4.01. The highest BCUT2D eigenvalue weighted by Crippen LogP contribution is 2.19. The molecule has 14 heavy (non-hydrogen) atoms. The van der Waals surface area contributed by atoms with Gasteiger partial charge in [0.2, 0.25) is 5.95 Å². The molecule has 0 saturated heterocycles. The lowest BCUT2D eigenvalue weighted by molar-refractivity contribution is 0.414. The van der Waals surface area contributed by atoms with Gasteiger partial charge in [-0.1, -0.05) is 0 Å². The largest absolute Gasteiger partial charge is 0.497 e. The van der Waals surface area contributed by atoms with Crippen molar-refractivity contribution >= 4 is 0 Å². The van der Waals surface area contributed by atoms with E-state index in [0.717, 1.165) is 0 Å². The Morgan fingerprint density at radius 1 is 1.36 bits per heavy atom. The standard InChI is InChI=1S/C9H8FN3O/c1-14-6-2-3-11-7(4-6)8-5-9(10)13-12-8/h2-5H,1H3,(H,12,13). The first kappa shape index (κ1) is 8.68. The van der Waals surface area contributed by atoms with Crippen LogP contribution in [0.25, 0.3) is 11.4 Å². The molecule has 2 aromatic rings. The zero-order chi connectivity index (χ0) is 9.97. The summed E-state index contributed by atoms with van der Waals surface area (Å²) in [7, 11) is 1.56. The summed E-state index contributed by atoms with van der Waals surface area (Å²) in [4.78, 5) is 4.04. The van der Waals surface area contributed by atoms with Gasteiger partial charge in [0.1, 0.15) is 11.4 Å². The first-order chi connectivity index (χ1) is 6.79. The molecule has 0 spiro atoms. The SMILES string of the molecule is COc1ccnc(-c2cc(F)[nH]n2)c1. The molecule has 2 aromatic heterocycles. The number of rotatable bonds is 2. The van der Waals surface area contributed by atoms with Gasteiger partial charge in [-0.25, -0.2) is 0 Å². The smallest absolute Gasteiger partial charge is 0.209 e. The van der Waals surface area contributed by atoms with Crippen LogP contribution in [0.15, 0.2) is 24.4 Å². The molecule has 0 aliphatic carbocycles. The molecule has 1 N–H and O–H groups in total. The van der Waals surface area contributed by atoms with Crippen LogP contribution in [0.4, 0.5) is 4.39 Å². The molecule has 0 saturated carbocycles. The fourth-order valence-electron chi connectivity index (χ4n) is 1.11. The van der Waals surface area contributed by atoms with E-state index in [1.54, 1.807) is 25.4 Å². The molecule has 2 heterocycles. The van der Waals surface area contributed by atoms with E-state index < -0.39 is 5.95 Å². The van der Waals surface area contributed by atoms with Crippen LogP contribution in [-0.2, 0) is 0 Å². The van der Waals surface area contributed by atoms with Crippen molar-refractivity contribution in [3.63, 3.8) is 0 Å². The maximum atomic E-state index is 12.6. The Balaban J connectivity index is 2.41. The summed E-state index contributed by atoms with van der Waals surface area (Å²) < 4.78 is 17.6. The topological polar surface area (TPSA) is 50.8 Å². The molecule has 5 heteroatoms. The Kier molecular flexibility index (Phi) is 2.14. The minimum Gasteiger partial charge on any atom is -0.497 e. The predicted octanol–water partition coefficient (Wildman–Crippen LogP) is 1.62. The van der Waals surface area contributed by atoms with Gasteiger partial charge in [-0.2, -0.15) is 9.49 Å². The van der Waals surface area contributed by atoms with Gasteiger partial charge in [-0.15, -0.1) is 0 Å². The molecule has 0 unspecified atom stereocenters. The molecule has 0 bridgehead atoms. The minimum absolute atomic E-state index is 0.460. The third-order valence-corrected chi connectivity index (χ3v) is 1.78. The molecule has 72 valence electrons. The number of methoxy groups -OCH3 is 1. The van der Waals surface area contributed by atoms with Gasteiger partial charge in [0.05, 0.1) is 12.8 Å². The second-order valence-corrected chi connectivity index (χ2v) is 2.68. The highest BCUT2D eigenvalue weighted by molar-refractivity contribution is 5.55. The molecule has 0 fully saturated rings. The maximum Gasteiger partial charge on any atom is 0.209 e. The van der Waals surface area contributed by atoms with Crippen LogP contribution in [0.5, 0.6) is 5.75 Å². The number of halogens is 1. The second-order valence-electron chi connectivity index (χ2n) is 2.68. The van der Waals surface area contributed by atoms with Gasteiger partial charge in [0.15, 0.2) is 0 Å². The van der Waals surface area contributed by atoms with Crippen LogP contribution >= 0.6 is 0 Å². The normalized spacial score (nSPS) is 10.1. The van der Waals surface area contributed by atoms with Crippen molar-refractivity contribution in [2.24, 2.45) is 0 Å². The van der Waals surface area contributed by atoms with Crippen molar-refractivity contribution in [2.45, 2.75) is 0 Å². The van der Waals surface area contributed by atoms with E-state index in [4.69, 9.17) is 4.74 Å². The van der Waals surface area contributed by atoms with Crippen LogP contribution in [0.3, 0.4) is 0 Å². The van der Waals surface area contributed by atoms with Gasteiger partial charge >= 0.3 is 0 Å². The quantitative estimate of drug-likeness (QED) is 0.788. The Hall–Kier alpha value is -1.91. The van der Waals surface area contributed by atoms with Gasteiger partial charge < -0.3 is 4.74 Å². The molecular weight excluding hydrogens is 185 g/mol. The van der Waals surface area contributed by atoms with Crippen molar-refractivity contribution in [1.29, 1.82) is 0 Å². The molecule has 0 aromatic carbocycles. The third kappa shape index (κ3) is 1.56. The van der Waals surface area contributed by atoms with Crippen molar-refractivity contribution in [3.05, 3.63) is 30.3 Å². The summed E-state index contributed by atoms with van der Waals surface area (Å²) >= 11 is 0. The summed E-state index contributed by atoms with van der Waals surface area (Å²) in [6.45, 7) is 0. The lowest BCUT2D eigenvalue weighted by Gasteiger charge is -1.99. The summed E-state index contributed by atoms with van der Waals surface area (Å²) in [5, 5.41) is 5.95. The summed E-state index contributed by atoms with van der Waals surface area (Å²) in [6, 6.07) is 4.68. The molecular formula is C9H8FN3O. The number of nitrogens with zero attached hydrogens (tertiary/aromatic N) is 2. The summed E-state index contributed by atoms with van der Waals surface area (Å²) in [5.74, 6) is 0.183. The summed E-state index contributed by atoms with van der Waals surface area (Å²) in [5.41, 5.74) is 1.03. The number of aromatic nitrogens is 3. The fourth-order valence-corrected chi connectivity index (χ4v) is 1.11. The number of ether oxygens (including phenoxy) is 1. The molecule has 0 amide bonds. The first-order valence-electron chi connectivity index (χ1n) is 4.01. The van der Waals surface area contributed by atoms with Crippen LogP contribution < -0.4 is 4.74 Å². The lowest BCUT2D eigenvalue weighted by atomic mass is 10.2. The van der Waals surface area contributed by atoms with E-state index in [9.17, 15) is 4.39 Å². The van der Waals surface area contributed by atoms with E-state index in [1.165, 1.54) is 6.07 Å². The van der Waals surface area contributed by atoms with Crippen LogP contribution in [0, 0.1) is 5.95 Å². The van der Waals surface area contributed by atoms with Crippen molar-refractivity contribution in [3.8, 4) is 17.1 Å². The number of aromatic amines is 1. The zero-order valence-corrected chi connectivity index (χ0v) is 7.49. The van der Waals surface area contributed by atoms with Crippen LogP contribution in [0.2, 0.25) is 0 Å². The zero-order valence-electron chi connectivity index (χ0n) is 7.49. The van der Waals surface area contributed by atoms with Crippen LogP contribution in [0.1, 0.15) is 0 Å². The Morgan fingerprint density at radius 2 is 2.21 bits per heavy atom. The van der Waals surface area contributed by atoms with Crippen molar-refractivity contribution in [1.82, 2.24) is 15.2 Å². The van der Waals surface area contributed by atoms with Gasteiger partial charge in [-0.3, -0.25) is 10.1 Å². The second kappa shape index (κ2) is 3.45. The molecule has 0 aliphatic heterocycles. The van der Waals surface area contributed by atoms with Crippen molar-refractivity contribution < 1.29 is 9.13 Å². The van der Waals surface area contributed by atoms with Gasteiger partial charge in [0.25, 0.3) is 0 Å². The number of hydrogen-bond donors (Lipinski definition) is 1. The maximum absolute atomic E-state index is 12.6. The highest BCUT2D eigenvalue weighted by atomic mass is 19.1. The van der Waals surface area contributed by atoms with Crippen LogP contribution in [-0.4, -0.2) is 22.3 Å². The van der Waals surface area contributed by atoms with E-state index in [-0.39, 0.29) is 0 Å². The Bertz CT molecular complexity index is 441. The lowest BCUT2D eigenvalue weighted by Crippen LogP contribution is -1.87. The van der Waals surface area contributed by atoms with E-state index in [0.29, 0.717) is 17.1 Å². The fraction of sp³-hybridized carbons (Fsp3) is 0.111. The van der Waals surface area contributed by atoms with E-state index in [2.05, 4.69) is 15.2 Å². The van der Waals surface area contributed by atoms with E-state index >= 15 is 0 Å². The molecule has 0 atom stereocenters. The Morgan fingerprint density at radius 3 is 2.86 bits per heavy atom. The highest BCUT2D eigenvalue weighted by Gasteiger charge is 2.05. The number of H-pyrrole nitrogens is 1. The summed E-state index contributed by atoms with van der Waals surface area (Å²) in [6.07, 6.45) is 1.58. The number of nitrogens with one attached hydrogen (secondary N) is 1. The number of hydrogen-bond acceptors (Lipinski definition) is 3. The Labute approximate surface area is 79.7 Å². The van der Waals surface area contributed by atoms with Gasteiger partial charge in [0, 0.05) is 18.3 Å². The monoisotopic (exact) mass is 193 g/mol. The average molecular weight is 193 g/mol. The third-order valence-electron chi connectivity index (χ3n) is 1.78. The molecule has 4 nitrogen and oxygen atoms in total. The van der Waals surface area contributed by atoms with Gasteiger partial charge in [-0.05, 0) is 6.07 Å².